The Hall–Kier alpha value is -0.890. The number of piperazine rings is 1. The molecule has 3 rings (SSSR count). The van der Waals surface area contributed by atoms with E-state index in [0.29, 0.717) is 24.0 Å². The lowest BCUT2D eigenvalue weighted by Crippen LogP contribution is -2.59. The Morgan fingerprint density at radius 3 is 2.90 bits per heavy atom. The normalized spacial score (nSPS) is 28.5. The van der Waals surface area contributed by atoms with Gasteiger partial charge >= 0.3 is 0 Å². The first-order chi connectivity index (χ1) is 10.0. The third kappa shape index (κ3) is 2.75. The van der Waals surface area contributed by atoms with Crippen molar-refractivity contribution in [2.24, 2.45) is 5.73 Å². The Morgan fingerprint density at radius 1 is 1.38 bits per heavy atom. The van der Waals surface area contributed by atoms with E-state index in [4.69, 9.17) is 5.73 Å². The van der Waals surface area contributed by atoms with Crippen LogP contribution in [-0.4, -0.2) is 54.3 Å². The van der Waals surface area contributed by atoms with Crippen LogP contribution in [0.5, 0.6) is 0 Å². The van der Waals surface area contributed by atoms with Crippen molar-refractivity contribution in [2.45, 2.75) is 49.7 Å². The third-order valence-electron chi connectivity index (χ3n) is 4.67. The maximum atomic E-state index is 12.8. The molecule has 21 heavy (non-hydrogen) atoms. The number of fused-ring (bicyclic) bond motifs is 1. The summed E-state index contributed by atoms with van der Waals surface area (Å²) in [6.45, 7) is 4.86. The van der Waals surface area contributed by atoms with Crippen molar-refractivity contribution in [3.8, 4) is 0 Å². The zero-order valence-corrected chi connectivity index (χ0v) is 13.3. The molecule has 2 unspecified atom stereocenters. The number of nitrogens with one attached hydrogen (secondary N) is 1. The molecule has 3 heterocycles. The Labute approximate surface area is 126 Å². The second-order valence-corrected chi connectivity index (χ2v) is 8.02. The zero-order valence-electron chi connectivity index (χ0n) is 12.5. The van der Waals surface area contributed by atoms with Gasteiger partial charge in [0.05, 0.1) is 4.90 Å². The summed E-state index contributed by atoms with van der Waals surface area (Å²) < 4.78 is 27.4. The summed E-state index contributed by atoms with van der Waals surface area (Å²) in [7, 11) is -3.43. The molecule has 1 aromatic heterocycles. The molecule has 2 atom stereocenters. The summed E-state index contributed by atoms with van der Waals surface area (Å²) in [5.41, 5.74) is 6.30. The van der Waals surface area contributed by atoms with Crippen LogP contribution in [0.4, 0.5) is 0 Å². The molecule has 0 bridgehead atoms. The van der Waals surface area contributed by atoms with Crippen LogP contribution in [-0.2, 0) is 16.6 Å². The molecule has 2 saturated heterocycles. The van der Waals surface area contributed by atoms with Crippen molar-refractivity contribution in [1.82, 2.24) is 14.2 Å². The van der Waals surface area contributed by atoms with Gasteiger partial charge in [0, 0.05) is 43.6 Å². The molecule has 1 aromatic rings. The molecule has 2 aliphatic rings. The molecule has 6 nitrogen and oxygen atoms in total. The van der Waals surface area contributed by atoms with Gasteiger partial charge in [-0.15, -0.1) is 0 Å². The van der Waals surface area contributed by atoms with Crippen molar-refractivity contribution in [3.05, 3.63) is 18.0 Å². The second-order valence-electron chi connectivity index (χ2n) is 6.13. The van der Waals surface area contributed by atoms with Gasteiger partial charge in [0.1, 0.15) is 0 Å². The minimum Gasteiger partial charge on any atom is -0.363 e. The number of nitrogens with zero attached hydrogens (tertiary/aromatic N) is 2. The molecule has 0 amide bonds. The van der Waals surface area contributed by atoms with Crippen LogP contribution >= 0.6 is 0 Å². The molecular weight excluding hydrogens is 288 g/mol. The molecule has 2 aliphatic heterocycles. The van der Waals surface area contributed by atoms with Crippen molar-refractivity contribution in [2.75, 3.05) is 19.6 Å². The summed E-state index contributed by atoms with van der Waals surface area (Å²) in [5.74, 6) is 0. The quantitative estimate of drug-likeness (QED) is 0.861. The lowest BCUT2D eigenvalue weighted by atomic mass is 9.99. The number of rotatable bonds is 3. The molecule has 0 spiro atoms. The third-order valence-corrected chi connectivity index (χ3v) is 6.63. The van der Waals surface area contributed by atoms with Gasteiger partial charge in [-0.25, -0.2) is 8.42 Å². The van der Waals surface area contributed by atoms with Crippen LogP contribution in [0.2, 0.25) is 0 Å². The lowest BCUT2D eigenvalue weighted by Gasteiger charge is -2.46. The van der Waals surface area contributed by atoms with E-state index in [9.17, 15) is 8.42 Å². The van der Waals surface area contributed by atoms with Gasteiger partial charge < -0.3 is 10.7 Å². The topological polar surface area (TPSA) is 82.4 Å². The highest BCUT2D eigenvalue weighted by atomic mass is 32.2. The van der Waals surface area contributed by atoms with Gasteiger partial charge in [-0.05, 0) is 32.4 Å². The fourth-order valence-electron chi connectivity index (χ4n) is 3.48. The van der Waals surface area contributed by atoms with Gasteiger partial charge in [-0.1, -0.05) is 6.42 Å². The van der Waals surface area contributed by atoms with E-state index in [1.807, 2.05) is 6.92 Å². The van der Waals surface area contributed by atoms with E-state index in [1.165, 1.54) is 12.8 Å². The highest BCUT2D eigenvalue weighted by molar-refractivity contribution is 7.89. The summed E-state index contributed by atoms with van der Waals surface area (Å²) in [6.07, 6.45) is 5.08. The summed E-state index contributed by atoms with van der Waals surface area (Å²) in [6, 6.07) is 2.04. The smallest absolute Gasteiger partial charge is 0.244 e. The standard InChI is InChI=1S/C14H24N4O2S/c1-11-9-17-5-3-2-4-13(17)10-18(11)21(19,20)14-6-12(7-15)16-8-14/h6,8,11,13,16H,2-5,7,9-10,15H2,1H3. The highest BCUT2D eigenvalue weighted by Crippen LogP contribution is 2.28. The van der Waals surface area contributed by atoms with Gasteiger partial charge in [0.15, 0.2) is 0 Å². The molecular formula is C14H24N4O2S. The van der Waals surface area contributed by atoms with E-state index in [1.54, 1.807) is 16.6 Å². The van der Waals surface area contributed by atoms with Crippen molar-refractivity contribution in [1.29, 1.82) is 0 Å². The van der Waals surface area contributed by atoms with Crippen LogP contribution < -0.4 is 5.73 Å². The van der Waals surface area contributed by atoms with Gasteiger partial charge in [-0.3, -0.25) is 4.90 Å². The van der Waals surface area contributed by atoms with Crippen molar-refractivity contribution < 1.29 is 8.42 Å². The summed E-state index contributed by atoms with van der Waals surface area (Å²) in [4.78, 5) is 5.71. The molecule has 2 fully saturated rings. The van der Waals surface area contributed by atoms with E-state index in [-0.39, 0.29) is 6.04 Å². The van der Waals surface area contributed by atoms with Crippen LogP contribution in [0.25, 0.3) is 0 Å². The summed E-state index contributed by atoms with van der Waals surface area (Å²) in [5, 5.41) is 0. The van der Waals surface area contributed by atoms with E-state index in [0.717, 1.165) is 25.2 Å². The van der Waals surface area contributed by atoms with Crippen molar-refractivity contribution in [3.63, 3.8) is 0 Å². The first-order valence-electron chi connectivity index (χ1n) is 7.65. The largest absolute Gasteiger partial charge is 0.363 e. The zero-order chi connectivity index (χ0) is 15.0. The van der Waals surface area contributed by atoms with E-state index in [2.05, 4.69) is 9.88 Å². The van der Waals surface area contributed by atoms with Gasteiger partial charge in [0.25, 0.3) is 0 Å². The number of sulfonamides is 1. The Kier molecular flexibility index (Phi) is 4.09. The molecule has 118 valence electrons. The Bertz CT molecular complexity index is 598. The fraction of sp³-hybridized carbons (Fsp3) is 0.714. The number of hydrogen-bond donors (Lipinski definition) is 2. The predicted molar refractivity (Wildman–Crippen MR) is 81.2 cm³/mol. The van der Waals surface area contributed by atoms with Gasteiger partial charge in [0.2, 0.25) is 10.0 Å². The van der Waals surface area contributed by atoms with Crippen molar-refractivity contribution >= 4 is 10.0 Å². The van der Waals surface area contributed by atoms with E-state index >= 15 is 0 Å². The number of H-pyrrole nitrogens is 1. The maximum Gasteiger partial charge on any atom is 0.244 e. The lowest BCUT2D eigenvalue weighted by molar-refractivity contribution is 0.0564. The molecule has 0 aliphatic carbocycles. The van der Waals surface area contributed by atoms with E-state index < -0.39 is 10.0 Å². The molecule has 3 N–H and O–H groups in total. The first-order valence-corrected chi connectivity index (χ1v) is 9.09. The predicted octanol–water partition coefficient (Wildman–Crippen LogP) is 0.721. The second kappa shape index (κ2) is 5.72. The fourth-order valence-corrected chi connectivity index (χ4v) is 5.16. The van der Waals surface area contributed by atoms with Crippen LogP contribution in [0.3, 0.4) is 0 Å². The number of piperidine rings is 1. The van der Waals surface area contributed by atoms with Crippen LogP contribution in [0, 0.1) is 0 Å². The average Bonchev–Trinajstić information content (AvgIpc) is 2.96. The Morgan fingerprint density at radius 2 is 2.19 bits per heavy atom. The molecule has 0 saturated carbocycles. The minimum absolute atomic E-state index is 0.0144. The number of aromatic nitrogens is 1. The van der Waals surface area contributed by atoms with Crippen LogP contribution in [0.15, 0.2) is 17.2 Å². The number of hydrogen-bond acceptors (Lipinski definition) is 4. The SMILES string of the molecule is CC1CN2CCCCC2CN1S(=O)(=O)c1c[nH]c(CN)c1. The molecule has 0 radical (unpaired) electrons. The number of aromatic amines is 1. The average molecular weight is 312 g/mol. The summed E-state index contributed by atoms with van der Waals surface area (Å²) >= 11 is 0. The van der Waals surface area contributed by atoms with Gasteiger partial charge in [-0.2, -0.15) is 4.31 Å². The first kappa shape index (κ1) is 15.0. The molecule has 7 heteroatoms. The van der Waals surface area contributed by atoms with Crippen LogP contribution in [0.1, 0.15) is 31.9 Å². The molecule has 0 aromatic carbocycles. The maximum absolute atomic E-state index is 12.8. The monoisotopic (exact) mass is 312 g/mol. The Balaban J connectivity index is 1.84. The minimum atomic E-state index is -3.43. The number of nitrogens with two attached hydrogens (primary N) is 1. The highest BCUT2D eigenvalue weighted by Gasteiger charge is 2.39.